The quantitative estimate of drug-likeness (QED) is 0.870. The Labute approximate surface area is 120 Å². The van der Waals surface area contributed by atoms with E-state index in [0.29, 0.717) is 18.1 Å². The number of nitrogens with zero attached hydrogens (tertiary/aromatic N) is 2. The fourth-order valence-electron chi connectivity index (χ4n) is 1.89. The van der Waals surface area contributed by atoms with Crippen LogP contribution in [0.15, 0.2) is 18.2 Å². The second kappa shape index (κ2) is 7.36. The van der Waals surface area contributed by atoms with Crippen LogP contribution < -0.4 is 10.6 Å². The van der Waals surface area contributed by atoms with E-state index in [9.17, 15) is 4.79 Å². The van der Waals surface area contributed by atoms with E-state index < -0.39 is 0 Å². The van der Waals surface area contributed by atoms with Gasteiger partial charge < -0.3 is 15.5 Å². The standard InChI is InChI=1S/C14H22ClN3O/c1-4-7-18(10-14(19)17(2)3)13-6-5-12(15)8-11(13)9-16/h5-6,8H,4,7,9-10,16H2,1-3H3. The van der Waals surface area contributed by atoms with Crippen LogP contribution in [0.5, 0.6) is 0 Å². The number of amides is 1. The molecule has 0 heterocycles. The van der Waals surface area contributed by atoms with Crippen molar-refractivity contribution in [3.05, 3.63) is 28.8 Å². The molecule has 2 N–H and O–H groups in total. The zero-order valence-corrected chi connectivity index (χ0v) is 12.6. The number of likely N-dealkylation sites (N-methyl/N-ethyl adjacent to an activating group) is 1. The number of carbonyl (C=O) groups excluding carboxylic acids is 1. The first-order valence-corrected chi connectivity index (χ1v) is 6.81. The predicted octanol–water partition coefficient (Wildman–Crippen LogP) is 2.10. The molecule has 19 heavy (non-hydrogen) atoms. The van der Waals surface area contributed by atoms with Crippen LogP contribution in [0.2, 0.25) is 5.02 Å². The van der Waals surface area contributed by atoms with Crippen molar-refractivity contribution < 1.29 is 4.79 Å². The normalized spacial score (nSPS) is 10.4. The number of benzene rings is 1. The summed E-state index contributed by atoms with van der Waals surface area (Å²) < 4.78 is 0. The van der Waals surface area contributed by atoms with Crippen molar-refractivity contribution in [2.24, 2.45) is 5.73 Å². The van der Waals surface area contributed by atoms with Crippen LogP contribution in [0.25, 0.3) is 0 Å². The first-order chi connectivity index (χ1) is 8.99. The lowest BCUT2D eigenvalue weighted by Gasteiger charge is -2.27. The summed E-state index contributed by atoms with van der Waals surface area (Å²) in [7, 11) is 3.52. The number of nitrogens with two attached hydrogens (primary N) is 1. The Morgan fingerprint density at radius 1 is 1.37 bits per heavy atom. The third-order valence-corrected chi connectivity index (χ3v) is 3.16. The van der Waals surface area contributed by atoms with E-state index in [0.717, 1.165) is 24.2 Å². The zero-order chi connectivity index (χ0) is 14.4. The summed E-state index contributed by atoms with van der Waals surface area (Å²) in [6.07, 6.45) is 0.966. The van der Waals surface area contributed by atoms with E-state index in [1.165, 1.54) is 0 Å². The summed E-state index contributed by atoms with van der Waals surface area (Å²) >= 11 is 5.98. The van der Waals surface area contributed by atoms with Gasteiger partial charge in [-0.15, -0.1) is 0 Å². The number of hydrogen-bond donors (Lipinski definition) is 1. The molecule has 0 aliphatic carbocycles. The molecule has 1 aromatic rings. The molecule has 0 saturated carbocycles. The third-order valence-electron chi connectivity index (χ3n) is 2.92. The maximum absolute atomic E-state index is 11.9. The summed E-state index contributed by atoms with van der Waals surface area (Å²) in [5.41, 5.74) is 7.72. The van der Waals surface area contributed by atoms with Crippen LogP contribution in [0.3, 0.4) is 0 Å². The molecule has 1 rings (SSSR count). The van der Waals surface area contributed by atoms with Crippen molar-refractivity contribution in [2.45, 2.75) is 19.9 Å². The van der Waals surface area contributed by atoms with E-state index in [4.69, 9.17) is 17.3 Å². The summed E-state index contributed by atoms with van der Waals surface area (Å²) in [6, 6.07) is 5.63. The van der Waals surface area contributed by atoms with E-state index in [1.54, 1.807) is 19.0 Å². The van der Waals surface area contributed by atoms with Gasteiger partial charge in [0.2, 0.25) is 5.91 Å². The third kappa shape index (κ3) is 4.40. The minimum Gasteiger partial charge on any atom is -0.362 e. The maximum Gasteiger partial charge on any atom is 0.241 e. The van der Waals surface area contributed by atoms with Crippen molar-refractivity contribution >= 4 is 23.2 Å². The SMILES string of the molecule is CCCN(CC(=O)N(C)C)c1ccc(Cl)cc1CN. The van der Waals surface area contributed by atoms with Crippen molar-refractivity contribution in [1.82, 2.24) is 4.90 Å². The summed E-state index contributed by atoms with van der Waals surface area (Å²) in [5, 5.41) is 0.666. The molecule has 1 aromatic carbocycles. The lowest BCUT2D eigenvalue weighted by atomic mass is 10.1. The van der Waals surface area contributed by atoms with Gasteiger partial charge in [-0.1, -0.05) is 18.5 Å². The topological polar surface area (TPSA) is 49.6 Å². The Balaban J connectivity index is 3.01. The van der Waals surface area contributed by atoms with E-state index in [1.807, 2.05) is 18.2 Å². The highest BCUT2D eigenvalue weighted by Gasteiger charge is 2.15. The lowest BCUT2D eigenvalue weighted by Crippen LogP contribution is -2.37. The molecule has 0 atom stereocenters. The van der Waals surface area contributed by atoms with E-state index in [-0.39, 0.29) is 5.91 Å². The molecule has 0 spiro atoms. The van der Waals surface area contributed by atoms with Crippen LogP contribution in [0.1, 0.15) is 18.9 Å². The van der Waals surface area contributed by atoms with Gasteiger partial charge in [-0.25, -0.2) is 0 Å². The number of anilines is 1. The number of halogens is 1. The van der Waals surface area contributed by atoms with E-state index >= 15 is 0 Å². The molecule has 0 aliphatic rings. The molecule has 106 valence electrons. The Bertz CT molecular complexity index is 435. The molecule has 5 heteroatoms. The first-order valence-electron chi connectivity index (χ1n) is 6.43. The molecule has 0 saturated heterocycles. The lowest BCUT2D eigenvalue weighted by molar-refractivity contribution is -0.127. The van der Waals surface area contributed by atoms with Crippen LogP contribution in [-0.2, 0) is 11.3 Å². The molecular formula is C14H22ClN3O. The Morgan fingerprint density at radius 2 is 2.05 bits per heavy atom. The molecule has 1 amide bonds. The molecule has 0 aromatic heterocycles. The number of rotatable bonds is 6. The monoisotopic (exact) mass is 283 g/mol. The highest BCUT2D eigenvalue weighted by Crippen LogP contribution is 2.24. The zero-order valence-electron chi connectivity index (χ0n) is 11.8. The first kappa shape index (κ1) is 15.8. The maximum atomic E-state index is 11.9. The minimum atomic E-state index is 0.0753. The molecule has 0 aliphatic heterocycles. The van der Waals surface area contributed by atoms with Gasteiger partial charge in [0.25, 0.3) is 0 Å². The summed E-state index contributed by atoms with van der Waals surface area (Å²) in [5.74, 6) is 0.0753. The summed E-state index contributed by atoms with van der Waals surface area (Å²) in [6.45, 7) is 3.67. The fourth-order valence-corrected chi connectivity index (χ4v) is 2.08. The van der Waals surface area contributed by atoms with Gasteiger partial charge in [0, 0.05) is 37.9 Å². The van der Waals surface area contributed by atoms with Crippen LogP contribution >= 0.6 is 11.6 Å². The van der Waals surface area contributed by atoms with Gasteiger partial charge >= 0.3 is 0 Å². The van der Waals surface area contributed by atoms with Crippen LogP contribution in [-0.4, -0.2) is 38.0 Å². The Hall–Kier alpha value is -1.26. The van der Waals surface area contributed by atoms with E-state index in [2.05, 4.69) is 11.8 Å². The minimum absolute atomic E-state index is 0.0753. The molecule has 0 bridgehead atoms. The van der Waals surface area contributed by atoms with Crippen molar-refractivity contribution in [3.8, 4) is 0 Å². The smallest absolute Gasteiger partial charge is 0.241 e. The van der Waals surface area contributed by atoms with Gasteiger partial charge in [0.15, 0.2) is 0 Å². The average molecular weight is 284 g/mol. The fraction of sp³-hybridized carbons (Fsp3) is 0.500. The highest BCUT2D eigenvalue weighted by molar-refractivity contribution is 6.30. The molecule has 0 unspecified atom stereocenters. The number of hydrogen-bond acceptors (Lipinski definition) is 3. The van der Waals surface area contributed by atoms with Gasteiger partial charge in [-0.2, -0.15) is 0 Å². The van der Waals surface area contributed by atoms with Gasteiger partial charge in [0.05, 0.1) is 6.54 Å². The molecule has 0 fully saturated rings. The second-order valence-electron chi connectivity index (χ2n) is 4.69. The second-order valence-corrected chi connectivity index (χ2v) is 5.12. The predicted molar refractivity (Wildman–Crippen MR) is 80.5 cm³/mol. The molecule has 4 nitrogen and oxygen atoms in total. The van der Waals surface area contributed by atoms with Gasteiger partial charge in [-0.3, -0.25) is 4.79 Å². The van der Waals surface area contributed by atoms with Gasteiger partial charge in [0.1, 0.15) is 0 Å². The van der Waals surface area contributed by atoms with Gasteiger partial charge in [-0.05, 0) is 30.2 Å². The summed E-state index contributed by atoms with van der Waals surface area (Å²) in [4.78, 5) is 15.5. The average Bonchev–Trinajstić information content (AvgIpc) is 2.37. The Kier molecular flexibility index (Phi) is 6.12. The van der Waals surface area contributed by atoms with Crippen molar-refractivity contribution in [3.63, 3.8) is 0 Å². The van der Waals surface area contributed by atoms with Crippen molar-refractivity contribution in [2.75, 3.05) is 32.1 Å². The molecular weight excluding hydrogens is 262 g/mol. The van der Waals surface area contributed by atoms with Crippen LogP contribution in [0, 0.1) is 0 Å². The Morgan fingerprint density at radius 3 is 2.58 bits per heavy atom. The highest BCUT2D eigenvalue weighted by atomic mass is 35.5. The number of carbonyl (C=O) groups is 1. The van der Waals surface area contributed by atoms with Crippen LogP contribution in [0.4, 0.5) is 5.69 Å². The molecule has 0 radical (unpaired) electrons. The largest absolute Gasteiger partial charge is 0.362 e. The van der Waals surface area contributed by atoms with Crippen molar-refractivity contribution in [1.29, 1.82) is 0 Å².